The number of aliphatic hydroxyl groups excluding tert-OH is 2. The topological polar surface area (TPSA) is 196 Å². The summed E-state index contributed by atoms with van der Waals surface area (Å²) in [6, 6.07) is 26.2. The lowest BCUT2D eigenvalue weighted by Crippen LogP contribution is -2.49. The van der Waals surface area contributed by atoms with Gasteiger partial charge in [-0.05, 0) is 92.2 Å². The molecular weight excluding hydrogens is 779 g/mol. The molecule has 3 heterocycles. The van der Waals surface area contributed by atoms with Crippen LogP contribution in [0, 0.1) is 16.0 Å². The van der Waals surface area contributed by atoms with Crippen LogP contribution in [0.25, 0.3) is 0 Å². The van der Waals surface area contributed by atoms with Crippen molar-refractivity contribution in [1.29, 1.82) is 0 Å². The predicted octanol–water partition coefficient (Wildman–Crippen LogP) is 5.68. The highest BCUT2D eigenvalue weighted by atomic mass is 16.6. The molecule has 318 valence electrons. The van der Waals surface area contributed by atoms with E-state index in [0.29, 0.717) is 67.3 Å². The van der Waals surface area contributed by atoms with E-state index in [1.807, 2.05) is 85.8 Å². The lowest BCUT2D eigenvalue weighted by Gasteiger charge is -2.35. The van der Waals surface area contributed by atoms with Gasteiger partial charge in [0.1, 0.15) is 5.75 Å². The van der Waals surface area contributed by atoms with Gasteiger partial charge in [0.25, 0.3) is 11.6 Å². The fourth-order valence-electron chi connectivity index (χ4n) is 8.14. The molecule has 4 N–H and O–H groups in total. The minimum Gasteiger partial charge on any atom is -0.494 e. The maximum absolute atomic E-state index is 14.4. The van der Waals surface area contributed by atoms with E-state index in [2.05, 4.69) is 15.6 Å². The molecule has 2 aliphatic rings. The van der Waals surface area contributed by atoms with Crippen molar-refractivity contribution >= 4 is 34.6 Å². The van der Waals surface area contributed by atoms with Crippen LogP contribution in [-0.4, -0.2) is 79.5 Å². The monoisotopic (exact) mass is 829 g/mol. The van der Waals surface area contributed by atoms with Crippen molar-refractivity contribution in [2.45, 2.75) is 70.2 Å². The zero-order valence-corrected chi connectivity index (χ0v) is 34.3. The van der Waals surface area contributed by atoms with Crippen molar-refractivity contribution in [3.05, 3.63) is 147 Å². The highest BCUT2D eigenvalue weighted by molar-refractivity contribution is 6.08. The minimum absolute atomic E-state index is 0.0619. The predicted molar refractivity (Wildman–Crippen MR) is 230 cm³/mol. The zero-order valence-electron chi connectivity index (χ0n) is 34.3. The summed E-state index contributed by atoms with van der Waals surface area (Å²) in [5.74, 6) is -1.09. The summed E-state index contributed by atoms with van der Waals surface area (Å²) in [5, 5.41) is 55.3. The number of carbonyl (C=O) groups excluding carboxylic acids is 2. The van der Waals surface area contributed by atoms with Crippen LogP contribution in [0.5, 0.6) is 5.75 Å². The van der Waals surface area contributed by atoms with Gasteiger partial charge in [-0.15, -0.1) is 5.10 Å². The first-order valence-electron chi connectivity index (χ1n) is 20.7. The summed E-state index contributed by atoms with van der Waals surface area (Å²) < 4.78 is 7.43. The van der Waals surface area contributed by atoms with Crippen molar-refractivity contribution in [1.82, 2.24) is 20.3 Å². The second-order valence-corrected chi connectivity index (χ2v) is 15.4. The molecule has 2 unspecified atom stereocenters. The van der Waals surface area contributed by atoms with E-state index in [0.717, 1.165) is 23.2 Å². The maximum Gasteiger partial charge on any atom is 0.269 e. The normalized spacial score (nSPS) is 18.3. The highest BCUT2D eigenvalue weighted by Crippen LogP contribution is 2.47. The molecule has 15 nitrogen and oxygen atoms in total. The Morgan fingerprint density at radius 1 is 1.02 bits per heavy atom. The molecule has 2 amide bonds. The third-order valence-electron chi connectivity index (χ3n) is 11.4. The molecule has 61 heavy (non-hydrogen) atoms. The number of aromatic nitrogens is 3. The Morgan fingerprint density at radius 3 is 2.51 bits per heavy atom. The fourth-order valence-corrected chi connectivity index (χ4v) is 8.14. The number of aryl methyl sites for hydroxylation is 1. The second-order valence-electron chi connectivity index (χ2n) is 15.4. The number of nitro groups is 1. The molecule has 2 aliphatic heterocycles. The number of non-ortho nitro benzene ring substituents is 1. The molecule has 0 fully saturated rings. The fraction of sp³-hybridized carbons (Fsp3) is 0.348. The number of fused-ring (bicyclic) bond motifs is 2. The Bertz CT molecular complexity index is 2370. The zero-order chi connectivity index (χ0) is 43.1. The van der Waals surface area contributed by atoms with Crippen LogP contribution in [0.15, 0.2) is 109 Å². The number of allylic oxidation sites excluding steroid dienone is 1. The number of benzene rings is 4. The van der Waals surface area contributed by atoms with Crippen LogP contribution in [0.3, 0.4) is 0 Å². The van der Waals surface area contributed by atoms with Gasteiger partial charge in [0.05, 0.1) is 53.7 Å². The average Bonchev–Trinajstić information content (AvgIpc) is 3.82. The summed E-state index contributed by atoms with van der Waals surface area (Å²) in [6.07, 6.45) is 7.69. The Balaban J connectivity index is 1.08. The third kappa shape index (κ3) is 8.96. The Labute approximate surface area is 354 Å². The highest BCUT2D eigenvalue weighted by Gasteiger charge is 2.53. The van der Waals surface area contributed by atoms with E-state index >= 15 is 0 Å². The average molecular weight is 830 g/mol. The van der Waals surface area contributed by atoms with Crippen molar-refractivity contribution in [2.75, 3.05) is 36.2 Å². The number of anilines is 3. The van der Waals surface area contributed by atoms with E-state index < -0.39 is 28.4 Å². The number of unbranched alkanes of at least 4 members (excludes halogenated alkanes) is 1. The first kappa shape index (κ1) is 42.8. The molecule has 15 heteroatoms. The number of amides is 2. The van der Waals surface area contributed by atoms with Crippen molar-refractivity contribution in [2.24, 2.45) is 5.92 Å². The standard InChI is InChI=1S/C46H51N7O8/c1-3-61-37-19-21-42-34(25-37)26-40(47-22-8-10-24-54)44(56)52(42)35-16-14-32(15-17-35)28-51-43-20-18-36(53(59)60)27-39(43)46(58,45(51)57)31(2)11-7-9-23-50-29-41(48-49-50)38(30-55)33-12-5-4-6-13-33/h4-7,11-21,25,27,29,31,38,40,47,54-55,58H,3,8-10,22-24,26,28,30H2,1-2H3/b11-7+/t31-,38?,40?,46+/m0/s1. The van der Waals surface area contributed by atoms with Crippen LogP contribution in [-0.2, 0) is 34.7 Å². The Morgan fingerprint density at radius 2 is 1.79 bits per heavy atom. The lowest BCUT2D eigenvalue weighted by molar-refractivity contribution is -0.385. The molecule has 0 spiro atoms. The van der Waals surface area contributed by atoms with Crippen LogP contribution in [0.2, 0.25) is 0 Å². The summed E-state index contributed by atoms with van der Waals surface area (Å²) in [6.45, 7) is 5.18. The van der Waals surface area contributed by atoms with Gasteiger partial charge in [0.15, 0.2) is 5.60 Å². The number of rotatable bonds is 19. The number of carbonyl (C=O) groups is 2. The van der Waals surface area contributed by atoms with Crippen molar-refractivity contribution in [3.8, 4) is 5.75 Å². The van der Waals surface area contributed by atoms with Gasteiger partial charge in [-0.3, -0.25) is 29.3 Å². The number of aliphatic hydroxyl groups is 3. The summed E-state index contributed by atoms with van der Waals surface area (Å²) in [5.41, 5.74) is 2.79. The number of nitrogens with one attached hydrogen (secondary N) is 1. The molecule has 0 bridgehead atoms. The maximum atomic E-state index is 14.4. The van der Waals surface area contributed by atoms with Crippen LogP contribution in [0.1, 0.15) is 67.0 Å². The molecule has 7 rings (SSSR count). The van der Waals surface area contributed by atoms with E-state index in [1.54, 1.807) is 28.8 Å². The molecule has 0 saturated heterocycles. The third-order valence-corrected chi connectivity index (χ3v) is 11.4. The van der Waals surface area contributed by atoms with Gasteiger partial charge < -0.3 is 30.3 Å². The van der Waals surface area contributed by atoms with E-state index in [4.69, 9.17) is 4.74 Å². The van der Waals surface area contributed by atoms with Gasteiger partial charge in [0.2, 0.25) is 5.91 Å². The Hall–Kier alpha value is -6.26. The van der Waals surface area contributed by atoms with Gasteiger partial charge in [0, 0.05) is 48.6 Å². The van der Waals surface area contributed by atoms with Crippen LogP contribution in [0.4, 0.5) is 22.7 Å². The molecule has 0 radical (unpaired) electrons. The number of nitro benzene ring substituents is 1. The van der Waals surface area contributed by atoms with Crippen LogP contribution < -0.4 is 19.9 Å². The molecule has 4 aromatic carbocycles. The SMILES string of the molecule is CCOc1ccc2c(c1)CC(NCCCCO)C(=O)N2c1ccc(CN2C(=O)[C@@](O)([C@@H](C)/C=C/CCn3cc(C(CO)c4ccccc4)nn3)c3cc([N+](=O)[O-])ccc32)cc1. The van der Waals surface area contributed by atoms with Gasteiger partial charge in [-0.2, -0.15) is 0 Å². The molecule has 5 aromatic rings. The summed E-state index contributed by atoms with van der Waals surface area (Å²) in [4.78, 5) is 42.8. The quantitative estimate of drug-likeness (QED) is 0.0346. The molecule has 4 atom stereocenters. The van der Waals surface area contributed by atoms with Crippen LogP contribution >= 0.6 is 0 Å². The first-order valence-corrected chi connectivity index (χ1v) is 20.7. The molecule has 0 saturated carbocycles. The molecular formula is C46H51N7O8. The van der Waals surface area contributed by atoms with Crippen molar-refractivity contribution < 1.29 is 34.6 Å². The van der Waals surface area contributed by atoms with Gasteiger partial charge >= 0.3 is 0 Å². The summed E-state index contributed by atoms with van der Waals surface area (Å²) in [7, 11) is 0. The van der Waals surface area contributed by atoms with E-state index in [1.165, 1.54) is 23.1 Å². The summed E-state index contributed by atoms with van der Waals surface area (Å²) >= 11 is 0. The smallest absolute Gasteiger partial charge is 0.269 e. The molecule has 0 aliphatic carbocycles. The van der Waals surface area contributed by atoms with Gasteiger partial charge in [-0.25, -0.2) is 0 Å². The number of hydrogen-bond donors (Lipinski definition) is 4. The number of nitrogens with zero attached hydrogens (tertiary/aromatic N) is 6. The Kier molecular flexibility index (Phi) is 13.3. The van der Waals surface area contributed by atoms with Gasteiger partial charge in [-0.1, -0.05) is 66.8 Å². The van der Waals surface area contributed by atoms with Crippen molar-refractivity contribution in [3.63, 3.8) is 0 Å². The minimum atomic E-state index is -2.09. The largest absolute Gasteiger partial charge is 0.494 e. The second kappa shape index (κ2) is 19.0. The number of ether oxygens (including phenoxy) is 1. The molecule has 1 aromatic heterocycles. The lowest BCUT2D eigenvalue weighted by atomic mass is 9.82. The van der Waals surface area contributed by atoms with E-state index in [-0.39, 0.29) is 42.8 Å². The number of hydrogen-bond acceptors (Lipinski definition) is 11. The first-order chi connectivity index (χ1) is 29.6. The van der Waals surface area contributed by atoms with E-state index in [9.17, 15) is 35.0 Å².